The van der Waals surface area contributed by atoms with Crippen molar-refractivity contribution >= 4 is 42.3 Å². The fourth-order valence-corrected chi connectivity index (χ4v) is 3.10. The van der Waals surface area contributed by atoms with Gasteiger partial charge in [-0.05, 0) is 30.0 Å². The molecule has 1 saturated heterocycles. The number of nitrogens with zero attached hydrogens (tertiary/aromatic N) is 1. The first-order valence-corrected chi connectivity index (χ1v) is 8.95. The van der Waals surface area contributed by atoms with E-state index >= 15 is 0 Å². The maximum Gasteiger partial charge on any atom is 0.236 e. The summed E-state index contributed by atoms with van der Waals surface area (Å²) < 4.78 is 5.44. The van der Waals surface area contributed by atoms with Crippen molar-refractivity contribution in [3.63, 3.8) is 0 Å². The number of carbonyl (C=O) groups is 1. The highest BCUT2D eigenvalue weighted by Crippen LogP contribution is 2.23. The molecule has 0 bridgehead atoms. The number of hydrogen-bond donors (Lipinski definition) is 2. The van der Waals surface area contributed by atoms with Crippen molar-refractivity contribution in [1.82, 2.24) is 10.2 Å². The minimum atomic E-state index is -0.458. The largest absolute Gasteiger partial charge is 0.379 e. The zero-order valence-corrected chi connectivity index (χ0v) is 17.7. The number of nitrogens with two attached hydrogens (primary N) is 1. The third-order valence-electron chi connectivity index (χ3n) is 4.27. The first kappa shape index (κ1) is 25.4. The summed E-state index contributed by atoms with van der Waals surface area (Å²) in [6.07, 6.45) is 0.689. The molecule has 2 atom stereocenters. The Morgan fingerprint density at radius 1 is 1.23 bits per heavy atom. The molecule has 0 aromatic heterocycles. The second-order valence-electron chi connectivity index (χ2n) is 6.70. The lowest BCUT2D eigenvalue weighted by Gasteiger charge is -2.35. The molecule has 2 rings (SSSR count). The fourth-order valence-electron chi connectivity index (χ4n) is 2.98. The molecule has 3 N–H and O–H groups in total. The van der Waals surface area contributed by atoms with E-state index < -0.39 is 6.04 Å². The van der Waals surface area contributed by atoms with Crippen LogP contribution < -0.4 is 11.1 Å². The normalized spacial score (nSPS) is 17.0. The van der Waals surface area contributed by atoms with Crippen molar-refractivity contribution in [3.05, 3.63) is 34.9 Å². The molecule has 0 aliphatic carbocycles. The number of amides is 1. The Balaban J connectivity index is 0.00000312. The summed E-state index contributed by atoms with van der Waals surface area (Å²) in [5.41, 5.74) is 7.12. The van der Waals surface area contributed by atoms with Gasteiger partial charge in [-0.15, -0.1) is 24.8 Å². The van der Waals surface area contributed by atoms with Crippen molar-refractivity contribution in [2.75, 3.05) is 32.8 Å². The molecule has 1 amide bonds. The maximum absolute atomic E-state index is 12.3. The van der Waals surface area contributed by atoms with Crippen molar-refractivity contribution in [2.24, 2.45) is 11.7 Å². The van der Waals surface area contributed by atoms with Crippen LogP contribution >= 0.6 is 36.4 Å². The van der Waals surface area contributed by atoms with Crippen LogP contribution in [0.1, 0.15) is 31.9 Å². The molecule has 1 aliphatic rings. The minimum absolute atomic E-state index is 0. The Labute approximate surface area is 173 Å². The van der Waals surface area contributed by atoms with Gasteiger partial charge >= 0.3 is 0 Å². The van der Waals surface area contributed by atoms with E-state index in [2.05, 4.69) is 24.1 Å². The van der Waals surface area contributed by atoms with E-state index in [1.807, 2.05) is 24.3 Å². The van der Waals surface area contributed by atoms with Crippen LogP contribution in [-0.2, 0) is 9.53 Å². The van der Waals surface area contributed by atoms with Gasteiger partial charge in [-0.2, -0.15) is 0 Å². The average molecular weight is 427 g/mol. The highest BCUT2D eigenvalue weighted by atomic mass is 35.5. The van der Waals surface area contributed by atoms with Gasteiger partial charge < -0.3 is 15.8 Å². The average Bonchev–Trinajstić information content (AvgIpc) is 2.56. The number of halogens is 3. The molecular formula is C18H30Cl3N3O2. The maximum atomic E-state index is 12.3. The van der Waals surface area contributed by atoms with E-state index in [9.17, 15) is 4.79 Å². The molecule has 1 aliphatic heterocycles. The number of ether oxygens (including phenoxy) is 1. The molecule has 150 valence electrons. The van der Waals surface area contributed by atoms with Crippen LogP contribution in [0.4, 0.5) is 0 Å². The van der Waals surface area contributed by atoms with E-state index in [0.717, 1.165) is 18.7 Å². The minimum Gasteiger partial charge on any atom is -0.379 e. The Morgan fingerprint density at radius 3 is 2.35 bits per heavy atom. The summed E-state index contributed by atoms with van der Waals surface area (Å²) in [7, 11) is 0. The molecule has 1 aromatic rings. The number of morpholine rings is 1. The second kappa shape index (κ2) is 12.8. The van der Waals surface area contributed by atoms with Gasteiger partial charge in [-0.25, -0.2) is 0 Å². The van der Waals surface area contributed by atoms with Gasteiger partial charge in [0.25, 0.3) is 0 Å². The van der Waals surface area contributed by atoms with Crippen LogP contribution in [0.25, 0.3) is 0 Å². The third-order valence-corrected chi connectivity index (χ3v) is 4.52. The standard InChI is InChI=1S/C18H28ClN3O2.2ClH/c1-13(2)11-16(20)18(23)21-12-17(22-7-9-24-10-8-22)14-3-5-15(19)6-4-14;;/h3-6,13,16-17H,7-12,20H2,1-2H3,(H,21,23);2*1H/t16-,17?;;/m0../s1. The summed E-state index contributed by atoms with van der Waals surface area (Å²) in [6, 6.07) is 7.44. The van der Waals surface area contributed by atoms with Crippen molar-refractivity contribution in [3.8, 4) is 0 Å². The van der Waals surface area contributed by atoms with Crippen LogP contribution in [0.2, 0.25) is 5.02 Å². The summed E-state index contributed by atoms with van der Waals surface area (Å²) in [5, 5.41) is 3.73. The molecule has 1 fully saturated rings. The smallest absolute Gasteiger partial charge is 0.236 e. The summed E-state index contributed by atoms with van der Waals surface area (Å²) in [5.74, 6) is 0.313. The van der Waals surface area contributed by atoms with Gasteiger partial charge in [0.05, 0.1) is 25.3 Å². The van der Waals surface area contributed by atoms with E-state index in [0.29, 0.717) is 37.1 Å². The summed E-state index contributed by atoms with van der Waals surface area (Å²) in [6.45, 7) is 7.79. The lowest BCUT2D eigenvalue weighted by atomic mass is 10.0. The number of hydrogen-bond acceptors (Lipinski definition) is 4. The molecule has 1 unspecified atom stereocenters. The first-order chi connectivity index (χ1) is 11.5. The first-order valence-electron chi connectivity index (χ1n) is 8.58. The van der Waals surface area contributed by atoms with Crippen molar-refractivity contribution < 1.29 is 9.53 Å². The molecule has 5 nitrogen and oxygen atoms in total. The summed E-state index contributed by atoms with van der Waals surface area (Å²) in [4.78, 5) is 14.6. The molecule has 0 spiro atoms. The number of benzene rings is 1. The van der Waals surface area contributed by atoms with E-state index in [1.165, 1.54) is 0 Å². The van der Waals surface area contributed by atoms with Crippen molar-refractivity contribution in [2.45, 2.75) is 32.4 Å². The topological polar surface area (TPSA) is 67.6 Å². The number of rotatable bonds is 7. The van der Waals surface area contributed by atoms with E-state index in [4.69, 9.17) is 22.1 Å². The fraction of sp³-hybridized carbons (Fsp3) is 0.611. The summed E-state index contributed by atoms with van der Waals surface area (Å²) >= 11 is 6.00. The molecular weight excluding hydrogens is 397 g/mol. The van der Waals surface area contributed by atoms with Gasteiger partial charge in [-0.3, -0.25) is 9.69 Å². The van der Waals surface area contributed by atoms with E-state index in [1.54, 1.807) is 0 Å². The molecule has 26 heavy (non-hydrogen) atoms. The second-order valence-corrected chi connectivity index (χ2v) is 7.13. The number of nitrogens with one attached hydrogen (secondary N) is 1. The molecule has 1 aromatic carbocycles. The Hall–Kier alpha value is -0.560. The van der Waals surface area contributed by atoms with E-state index in [-0.39, 0.29) is 36.8 Å². The van der Waals surface area contributed by atoms with Crippen LogP contribution in [0.5, 0.6) is 0 Å². The quantitative estimate of drug-likeness (QED) is 0.703. The molecule has 0 saturated carbocycles. The van der Waals surface area contributed by atoms with Gasteiger partial charge in [0.15, 0.2) is 0 Å². The molecule has 0 radical (unpaired) electrons. The molecule has 8 heteroatoms. The van der Waals surface area contributed by atoms with Crippen LogP contribution in [-0.4, -0.2) is 49.7 Å². The van der Waals surface area contributed by atoms with Crippen LogP contribution in [0.3, 0.4) is 0 Å². The predicted molar refractivity (Wildman–Crippen MR) is 112 cm³/mol. The van der Waals surface area contributed by atoms with Crippen molar-refractivity contribution in [1.29, 1.82) is 0 Å². The monoisotopic (exact) mass is 425 g/mol. The predicted octanol–water partition coefficient (Wildman–Crippen LogP) is 3.05. The lowest BCUT2D eigenvalue weighted by molar-refractivity contribution is -0.123. The highest BCUT2D eigenvalue weighted by molar-refractivity contribution is 6.30. The van der Waals surface area contributed by atoms with Crippen LogP contribution in [0.15, 0.2) is 24.3 Å². The Morgan fingerprint density at radius 2 is 1.81 bits per heavy atom. The van der Waals surface area contributed by atoms with Gasteiger partial charge in [0.2, 0.25) is 5.91 Å². The number of carbonyl (C=O) groups excluding carboxylic acids is 1. The Kier molecular flexibility index (Phi) is 12.5. The third kappa shape index (κ3) is 7.99. The van der Waals surface area contributed by atoms with Gasteiger partial charge in [0.1, 0.15) is 0 Å². The SMILES string of the molecule is CC(C)C[C@H](N)C(=O)NCC(c1ccc(Cl)cc1)N1CCOCC1.Cl.Cl. The molecule has 1 heterocycles. The van der Waals surface area contributed by atoms with Gasteiger partial charge in [0, 0.05) is 24.7 Å². The van der Waals surface area contributed by atoms with Crippen LogP contribution in [0, 0.1) is 5.92 Å². The zero-order chi connectivity index (χ0) is 17.5. The highest BCUT2D eigenvalue weighted by Gasteiger charge is 2.24. The lowest BCUT2D eigenvalue weighted by Crippen LogP contribution is -2.47. The zero-order valence-electron chi connectivity index (χ0n) is 15.3. The van der Waals surface area contributed by atoms with Gasteiger partial charge in [-0.1, -0.05) is 37.6 Å². The Bertz CT molecular complexity index is 523.